The summed E-state index contributed by atoms with van der Waals surface area (Å²) < 4.78 is 8.69. The lowest BCUT2D eigenvalue weighted by atomic mass is 10.0. The van der Waals surface area contributed by atoms with Gasteiger partial charge in [0.1, 0.15) is 0 Å². The first-order valence-corrected chi connectivity index (χ1v) is 9.32. The van der Waals surface area contributed by atoms with E-state index in [1.54, 1.807) is 20.5 Å². The SMILES string of the molecule is COc1cn(-c2ccccc2)nc1C(=O)N1CCC(n2cc(C(=O)O)cn2)CC1. The molecule has 1 aliphatic heterocycles. The zero-order chi connectivity index (χ0) is 20.4. The smallest absolute Gasteiger partial charge is 0.338 e. The molecule has 2 aromatic heterocycles. The van der Waals surface area contributed by atoms with Crippen LogP contribution in [0.3, 0.4) is 0 Å². The van der Waals surface area contributed by atoms with E-state index in [9.17, 15) is 9.59 Å². The molecule has 0 saturated carbocycles. The Morgan fingerprint density at radius 1 is 1.14 bits per heavy atom. The number of amides is 1. The fourth-order valence-electron chi connectivity index (χ4n) is 3.50. The van der Waals surface area contributed by atoms with Gasteiger partial charge in [-0.15, -0.1) is 0 Å². The molecule has 4 rings (SSSR count). The summed E-state index contributed by atoms with van der Waals surface area (Å²) >= 11 is 0. The molecule has 1 fully saturated rings. The first-order chi connectivity index (χ1) is 14.1. The van der Waals surface area contributed by atoms with Crippen molar-refractivity contribution in [3.63, 3.8) is 0 Å². The zero-order valence-electron chi connectivity index (χ0n) is 15.9. The van der Waals surface area contributed by atoms with Crippen LogP contribution in [0.15, 0.2) is 48.9 Å². The Balaban J connectivity index is 1.47. The van der Waals surface area contributed by atoms with Gasteiger partial charge in [-0.1, -0.05) is 18.2 Å². The Bertz CT molecular complexity index is 1020. The largest absolute Gasteiger partial charge is 0.493 e. The van der Waals surface area contributed by atoms with Crippen molar-refractivity contribution in [2.75, 3.05) is 20.2 Å². The zero-order valence-corrected chi connectivity index (χ0v) is 15.9. The highest BCUT2D eigenvalue weighted by atomic mass is 16.5. The van der Waals surface area contributed by atoms with Gasteiger partial charge in [0.05, 0.1) is 36.8 Å². The van der Waals surface area contributed by atoms with Gasteiger partial charge in [0.15, 0.2) is 11.4 Å². The third-order valence-electron chi connectivity index (χ3n) is 5.10. The molecule has 3 heterocycles. The average Bonchev–Trinajstić information content (AvgIpc) is 3.42. The van der Waals surface area contributed by atoms with Crippen molar-refractivity contribution in [2.24, 2.45) is 0 Å². The fraction of sp³-hybridized carbons (Fsp3) is 0.300. The van der Waals surface area contributed by atoms with Gasteiger partial charge in [-0.2, -0.15) is 10.2 Å². The quantitative estimate of drug-likeness (QED) is 0.711. The molecule has 0 atom stereocenters. The van der Waals surface area contributed by atoms with E-state index in [0.29, 0.717) is 31.7 Å². The summed E-state index contributed by atoms with van der Waals surface area (Å²) in [5.41, 5.74) is 1.29. The number of likely N-dealkylation sites (tertiary alicyclic amines) is 1. The minimum atomic E-state index is -0.995. The number of hydrogen-bond donors (Lipinski definition) is 1. The van der Waals surface area contributed by atoms with Crippen LogP contribution in [0.5, 0.6) is 5.75 Å². The molecule has 0 spiro atoms. The highest BCUT2D eigenvalue weighted by Crippen LogP contribution is 2.26. The van der Waals surface area contributed by atoms with Crippen molar-refractivity contribution in [1.82, 2.24) is 24.5 Å². The lowest BCUT2D eigenvalue weighted by molar-refractivity contribution is 0.0679. The van der Waals surface area contributed by atoms with Crippen LogP contribution in [-0.2, 0) is 0 Å². The molecule has 1 N–H and O–H groups in total. The Labute approximate surface area is 167 Å². The lowest BCUT2D eigenvalue weighted by Gasteiger charge is -2.31. The number of hydrogen-bond acceptors (Lipinski definition) is 5. The highest BCUT2D eigenvalue weighted by molar-refractivity contribution is 5.95. The summed E-state index contributed by atoms with van der Waals surface area (Å²) in [5.74, 6) is -0.745. The number of carboxylic acid groups (broad SMARTS) is 1. The third kappa shape index (κ3) is 3.71. The molecule has 1 aliphatic rings. The number of rotatable bonds is 5. The number of piperidine rings is 1. The monoisotopic (exact) mass is 395 g/mol. The summed E-state index contributed by atoms with van der Waals surface area (Å²) in [6.07, 6.45) is 5.96. The van der Waals surface area contributed by atoms with E-state index in [1.165, 1.54) is 19.5 Å². The average molecular weight is 395 g/mol. The normalized spacial score (nSPS) is 14.7. The van der Waals surface area contributed by atoms with Crippen molar-refractivity contribution in [2.45, 2.75) is 18.9 Å². The molecular weight excluding hydrogens is 374 g/mol. The van der Waals surface area contributed by atoms with Crippen LogP contribution in [0.25, 0.3) is 5.69 Å². The predicted octanol–water partition coefficient (Wildman–Crippen LogP) is 2.25. The molecule has 0 aliphatic carbocycles. The first kappa shape index (κ1) is 18.7. The number of benzene rings is 1. The van der Waals surface area contributed by atoms with Crippen molar-refractivity contribution < 1.29 is 19.4 Å². The van der Waals surface area contributed by atoms with Crippen LogP contribution in [0.2, 0.25) is 0 Å². The number of aromatic carboxylic acids is 1. The number of ether oxygens (including phenoxy) is 1. The Morgan fingerprint density at radius 2 is 1.86 bits per heavy atom. The van der Waals surface area contributed by atoms with E-state index in [0.717, 1.165) is 5.69 Å². The summed E-state index contributed by atoms with van der Waals surface area (Å²) in [7, 11) is 1.52. The van der Waals surface area contributed by atoms with Crippen LogP contribution in [0, 0.1) is 0 Å². The van der Waals surface area contributed by atoms with Crippen LogP contribution in [0.1, 0.15) is 39.7 Å². The van der Waals surface area contributed by atoms with Crippen molar-refractivity contribution >= 4 is 11.9 Å². The molecular formula is C20H21N5O4. The van der Waals surface area contributed by atoms with Crippen LogP contribution in [0.4, 0.5) is 0 Å². The van der Waals surface area contributed by atoms with Crippen LogP contribution < -0.4 is 4.74 Å². The minimum absolute atomic E-state index is 0.0657. The van der Waals surface area contributed by atoms with Crippen molar-refractivity contribution in [3.05, 3.63) is 60.2 Å². The topological polar surface area (TPSA) is 102 Å². The van der Waals surface area contributed by atoms with Gasteiger partial charge < -0.3 is 14.7 Å². The Hall–Kier alpha value is -3.62. The maximum atomic E-state index is 13.0. The molecule has 3 aromatic rings. The highest BCUT2D eigenvalue weighted by Gasteiger charge is 2.29. The van der Waals surface area contributed by atoms with Crippen molar-refractivity contribution in [3.8, 4) is 11.4 Å². The van der Waals surface area contributed by atoms with E-state index in [-0.39, 0.29) is 23.2 Å². The molecule has 9 heteroatoms. The van der Waals surface area contributed by atoms with E-state index < -0.39 is 5.97 Å². The molecule has 1 aromatic carbocycles. The third-order valence-corrected chi connectivity index (χ3v) is 5.10. The minimum Gasteiger partial charge on any atom is -0.493 e. The van der Waals surface area contributed by atoms with Gasteiger partial charge in [0.2, 0.25) is 0 Å². The molecule has 150 valence electrons. The molecule has 0 radical (unpaired) electrons. The van der Waals surface area contributed by atoms with Gasteiger partial charge in [0.25, 0.3) is 5.91 Å². The van der Waals surface area contributed by atoms with Crippen molar-refractivity contribution in [1.29, 1.82) is 0 Å². The van der Waals surface area contributed by atoms with E-state index in [1.807, 2.05) is 30.3 Å². The second-order valence-electron chi connectivity index (χ2n) is 6.86. The maximum absolute atomic E-state index is 13.0. The van der Waals surface area contributed by atoms with Crippen LogP contribution >= 0.6 is 0 Å². The van der Waals surface area contributed by atoms with E-state index in [4.69, 9.17) is 9.84 Å². The van der Waals surface area contributed by atoms with E-state index in [2.05, 4.69) is 10.2 Å². The number of carboxylic acids is 1. The Morgan fingerprint density at radius 3 is 2.48 bits per heavy atom. The standard InChI is InChI=1S/C20H21N5O4/c1-29-17-13-25(15-5-3-2-4-6-15)22-18(17)19(26)23-9-7-16(8-10-23)24-12-14(11-21-24)20(27)28/h2-6,11-13,16H,7-10H2,1H3,(H,27,28). The molecule has 1 amide bonds. The molecule has 9 nitrogen and oxygen atoms in total. The number of carbonyl (C=O) groups is 2. The number of aromatic nitrogens is 4. The summed E-state index contributed by atoms with van der Waals surface area (Å²) in [6, 6.07) is 9.60. The molecule has 0 unspecified atom stereocenters. The first-order valence-electron chi connectivity index (χ1n) is 9.32. The van der Waals surface area contributed by atoms with Gasteiger partial charge in [0, 0.05) is 19.3 Å². The lowest BCUT2D eigenvalue weighted by Crippen LogP contribution is -2.39. The summed E-state index contributed by atoms with van der Waals surface area (Å²) in [4.78, 5) is 25.8. The number of methoxy groups -OCH3 is 1. The van der Waals surface area contributed by atoms with E-state index >= 15 is 0 Å². The van der Waals surface area contributed by atoms with Gasteiger partial charge >= 0.3 is 5.97 Å². The summed E-state index contributed by atoms with van der Waals surface area (Å²) in [6.45, 7) is 1.07. The molecule has 1 saturated heterocycles. The van der Waals surface area contributed by atoms with Crippen LogP contribution in [-0.4, -0.2) is 61.6 Å². The van der Waals surface area contributed by atoms with Gasteiger partial charge in [-0.05, 0) is 25.0 Å². The fourth-order valence-corrected chi connectivity index (χ4v) is 3.50. The number of nitrogens with zero attached hydrogens (tertiary/aromatic N) is 5. The van der Waals surface area contributed by atoms with Gasteiger partial charge in [-0.25, -0.2) is 9.48 Å². The molecule has 29 heavy (non-hydrogen) atoms. The number of carbonyl (C=O) groups excluding carboxylic acids is 1. The maximum Gasteiger partial charge on any atom is 0.338 e. The second kappa shape index (κ2) is 7.78. The molecule has 0 bridgehead atoms. The van der Waals surface area contributed by atoms with Gasteiger partial charge in [-0.3, -0.25) is 9.48 Å². The predicted molar refractivity (Wildman–Crippen MR) is 103 cm³/mol. The second-order valence-corrected chi connectivity index (χ2v) is 6.86. The Kier molecular flexibility index (Phi) is 5.03. The number of para-hydroxylation sites is 1. The summed E-state index contributed by atoms with van der Waals surface area (Å²) in [5, 5.41) is 17.6.